The molecule has 2 N–H and O–H groups in total. The van der Waals surface area contributed by atoms with E-state index >= 15 is 0 Å². The fourth-order valence-electron chi connectivity index (χ4n) is 2.29. The number of carbonyl (C=O) groups is 2. The molecule has 1 unspecified atom stereocenters. The summed E-state index contributed by atoms with van der Waals surface area (Å²) in [7, 11) is 1.30. The summed E-state index contributed by atoms with van der Waals surface area (Å²) >= 11 is 0. The van der Waals surface area contributed by atoms with Gasteiger partial charge in [0.2, 0.25) is 5.91 Å². The number of ether oxygens (including phenoxy) is 2. The molecule has 2 rings (SSSR count). The molecule has 0 aromatic heterocycles. The average Bonchev–Trinajstić information content (AvgIpc) is 2.94. The predicted molar refractivity (Wildman–Crippen MR) is 76.2 cm³/mol. The van der Waals surface area contributed by atoms with Gasteiger partial charge in [-0.3, -0.25) is 9.59 Å². The first-order valence-electron chi connectivity index (χ1n) is 6.82. The fraction of sp³-hybridized carbons (Fsp3) is 0.467. The number of nitrogens with two attached hydrogens (primary N) is 1. The maximum absolute atomic E-state index is 12.6. The third kappa shape index (κ3) is 3.80. The average molecular weight is 292 g/mol. The minimum absolute atomic E-state index is 0.122. The lowest BCUT2D eigenvalue weighted by Crippen LogP contribution is -2.56. The topological polar surface area (TPSA) is 81.9 Å². The molecule has 1 atom stereocenters. The zero-order valence-corrected chi connectivity index (χ0v) is 12.1. The van der Waals surface area contributed by atoms with Crippen molar-refractivity contribution in [2.75, 3.05) is 26.9 Å². The number of hydrogen-bond donors (Lipinski definition) is 1. The van der Waals surface area contributed by atoms with Gasteiger partial charge in [-0.2, -0.15) is 0 Å². The van der Waals surface area contributed by atoms with Crippen LogP contribution in [0.25, 0.3) is 0 Å². The molecule has 1 aromatic carbocycles. The molecular formula is C15H20N2O4. The number of nitrogens with zero attached hydrogens (tertiary/aromatic N) is 1. The molecule has 6 heteroatoms. The SMILES string of the molecule is COC(=O)CN(Cc1ccccc1)C(=O)C1(N)CCOC1. The molecule has 21 heavy (non-hydrogen) atoms. The highest BCUT2D eigenvalue weighted by Gasteiger charge is 2.41. The number of carbonyl (C=O) groups excluding carboxylic acids is 2. The lowest BCUT2D eigenvalue weighted by molar-refractivity contribution is -0.149. The van der Waals surface area contributed by atoms with Crippen molar-refractivity contribution in [3.63, 3.8) is 0 Å². The molecule has 0 saturated carbocycles. The molecule has 1 aliphatic heterocycles. The van der Waals surface area contributed by atoms with Crippen LogP contribution in [0.1, 0.15) is 12.0 Å². The summed E-state index contributed by atoms with van der Waals surface area (Å²) in [4.78, 5) is 25.6. The maximum Gasteiger partial charge on any atom is 0.325 e. The fourth-order valence-corrected chi connectivity index (χ4v) is 2.29. The van der Waals surface area contributed by atoms with E-state index in [0.29, 0.717) is 19.6 Å². The van der Waals surface area contributed by atoms with Gasteiger partial charge in [-0.15, -0.1) is 0 Å². The van der Waals surface area contributed by atoms with E-state index in [1.807, 2.05) is 30.3 Å². The highest BCUT2D eigenvalue weighted by atomic mass is 16.5. The van der Waals surface area contributed by atoms with Crippen LogP contribution in [0.2, 0.25) is 0 Å². The Morgan fingerprint density at radius 2 is 2.10 bits per heavy atom. The first kappa shape index (κ1) is 15.5. The minimum Gasteiger partial charge on any atom is -0.468 e. The highest BCUT2D eigenvalue weighted by Crippen LogP contribution is 2.20. The Kier molecular flexibility index (Phi) is 4.93. The summed E-state index contributed by atoms with van der Waals surface area (Å²) < 4.78 is 9.88. The van der Waals surface area contributed by atoms with Gasteiger partial charge in [-0.1, -0.05) is 30.3 Å². The van der Waals surface area contributed by atoms with Gasteiger partial charge in [0.15, 0.2) is 0 Å². The number of rotatable bonds is 5. The first-order valence-corrected chi connectivity index (χ1v) is 6.82. The number of methoxy groups -OCH3 is 1. The Balaban J connectivity index is 2.15. The zero-order chi connectivity index (χ0) is 15.3. The molecule has 1 amide bonds. The Labute approximate surface area is 123 Å². The van der Waals surface area contributed by atoms with Crippen LogP contribution in [0.15, 0.2) is 30.3 Å². The van der Waals surface area contributed by atoms with E-state index < -0.39 is 11.5 Å². The van der Waals surface area contributed by atoms with Crippen molar-refractivity contribution in [2.45, 2.75) is 18.5 Å². The van der Waals surface area contributed by atoms with Gasteiger partial charge in [0, 0.05) is 13.2 Å². The van der Waals surface area contributed by atoms with Crippen molar-refractivity contribution >= 4 is 11.9 Å². The summed E-state index contributed by atoms with van der Waals surface area (Å²) in [6.45, 7) is 0.828. The highest BCUT2D eigenvalue weighted by molar-refractivity contribution is 5.89. The van der Waals surface area contributed by atoms with Crippen molar-refractivity contribution in [1.82, 2.24) is 4.90 Å². The van der Waals surface area contributed by atoms with Crippen LogP contribution in [-0.4, -0.2) is 49.2 Å². The van der Waals surface area contributed by atoms with E-state index in [4.69, 9.17) is 10.5 Å². The van der Waals surface area contributed by atoms with Crippen LogP contribution in [0.4, 0.5) is 0 Å². The van der Waals surface area contributed by atoms with Crippen LogP contribution in [0, 0.1) is 0 Å². The third-order valence-electron chi connectivity index (χ3n) is 3.53. The second-order valence-corrected chi connectivity index (χ2v) is 5.18. The van der Waals surface area contributed by atoms with E-state index in [0.717, 1.165) is 5.56 Å². The predicted octanol–water partition coefficient (Wildman–Crippen LogP) is 0.306. The van der Waals surface area contributed by atoms with Crippen molar-refractivity contribution in [2.24, 2.45) is 5.73 Å². The van der Waals surface area contributed by atoms with Gasteiger partial charge in [-0.05, 0) is 12.0 Å². The molecular weight excluding hydrogens is 272 g/mol. The second-order valence-electron chi connectivity index (χ2n) is 5.18. The molecule has 0 aliphatic carbocycles. The summed E-state index contributed by atoms with van der Waals surface area (Å²) in [6.07, 6.45) is 0.457. The summed E-state index contributed by atoms with van der Waals surface area (Å²) in [5, 5.41) is 0. The molecule has 6 nitrogen and oxygen atoms in total. The van der Waals surface area contributed by atoms with Gasteiger partial charge in [0.25, 0.3) is 0 Å². The standard InChI is InChI=1S/C15H20N2O4/c1-20-13(18)10-17(9-12-5-3-2-4-6-12)14(19)15(16)7-8-21-11-15/h2-6H,7-11,16H2,1H3. The lowest BCUT2D eigenvalue weighted by atomic mass is 9.98. The first-order chi connectivity index (χ1) is 10.0. The van der Waals surface area contributed by atoms with Crippen LogP contribution in [0.5, 0.6) is 0 Å². The van der Waals surface area contributed by atoms with Gasteiger partial charge in [0.05, 0.1) is 13.7 Å². The summed E-state index contributed by atoms with van der Waals surface area (Å²) in [6, 6.07) is 9.45. The van der Waals surface area contributed by atoms with Crippen molar-refractivity contribution in [3.8, 4) is 0 Å². The monoisotopic (exact) mass is 292 g/mol. The van der Waals surface area contributed by atoms with E-state index in [1.165, 1.54) is 12.0 Å². The zero-order valence-electron chi connectivity index (χ0n) is 12.1. The molecule has 1 saturated heterocycles. The van der Waals surface area contributed by atoms with Crippen LogP contribution in [0.3, 0.4) is 0 Å². The Morgan fingerprint density at radius 3 is 2.67 bits per heavy atom. The molecule has 0 spiro atoms. The van der Waals surface area contributed by atoms with Crippen molar-refractivity contribution in [1.29, 1.82) is 0 Å². The summed E-state index contributed by atoms with van der Waals surface area (Å²) in [5.74, 6) is -0.754. The van der Waals surface area contributed by atoms with Crippen LogP contribution >= 0.6 is 0 Å². The Morgan fingerprint density at radius 1 is 1.38 bits per heavy atom. The second kappa shape index (κ2) is 6.69. The maximum atomic E-state index is 12.6. The number of benzene rings is 1. The van der Waals surface area contributed by atoms with Gasteiger partial charge < -0.3 is 20.1 Å². The number of hydrogen-bond acceptors (Lipinski definition) is 5. The quantitative estimate of drug-likeness (QED) is 0.790. The van der Waals surface area contributed by atoms with Gasteiger partial charge >= 0.3 is 5.97 Å². The molecule has 0 radical (unpaired) electrons. The largest absolute Gasteiger partial charge is 0.468 e. The molecule has 1 aliphatic rings. The normalized spacial score (nSPS) is 21.0. The van der Waals surface area contributed by atoms with E-state index in [-0.39, 0.29) is 19.1 Å². The van der Waals surface area contributed by atoms with Crippen molar-refractivity contribution in [3.05, 3.63) is 35.9 Å². The van der Waals surface area contributed by atoms with Gasteiger partial charge in [0.1, 0.15) is 12.1 Å². The Hall–Kier alpha value is -1.92. The Bertz CT molecular complexity index is 498. The molecule has 1 fully saturated rings. The van der Waals surface area contributed by atoms with Crippen LogP contribution in [-0.2, 0) is 25.6 Å². The molecule has 1 aromatic rings. The summed E-state index contributed by atoms with van der Waals surface area (Å²) in [5.41, 5.74) is 5.98. The van der Waals surface area contributed by atoms with Crippen molar-refractivity contribution < 1.29 is 19.1 Å². The molecule has 114 valence electrons. The van der Waals surface area contributed by atoms with Gasteiger partial charge in [-0.25, -0.2) is 0 Å². The van der Waals surface area contributed by atoms with E-state index in [9.17, 15) is 9.59 Å². The number of esters is 1. The van der Waals surface area contributed by atoms with E-state index in [1.54, 1.807) is 0 Å². The molecule has 1 heterocycles. The lowest BCUT2D eigenvalue weighted by Gasteiger charge is -2.30. The third-order valence-corrected chi connectivity index (χ3v) is 3.53. The smallest absolute Gasteiger partial charge is 0.325 e. The van der Waals surface area contributed by atoms with E-state index in [2.05, 4.69) is 4.74 Å². The minimum atomic E-state index is -1.05. The molecule has 0 bridgehead atoms. The number of amides is 1. The van der Waals surface area contributed by atoms with Crippen LogP contribution < -0.4 is 5.73 Å².